The summed E-state index contributed by atoms with van der Waals surface area (Å²) < 4.78 is 5.45. The number of ether oxygens (including phenoxy) is 1. The number of hydrogen-bond donors (Lipinski definition) is 1. The number of hydrogen-bond acceptors (Lipinski definition) is 3. The summed E-state index contributed by atoms with van der Waals surface area (Å²) in [6.07, 6.45) is 3.90. The van der Waals surface area contributed by atoms with Gasteiger partial charge in [0.15, 0.2) is 0 Å². The molecule has 0 bridgehead atoms. The largest absolute Gasteiger partial charge is 0.381 e. The molecule has 2 fully saturated rings. The van der Waals surface area contributed by atoms with Gasteiger partial charge >= 0.3 is 0 Å². The Bertz CT molecular complexity index is 214. The van der Waals surface area contributed by atoms with E-state index in [2.05, 4.69) is 24.1 Å². The maximum Gasteiger partial charge on any atom is 0.0495 e. The molecule has 2 rings (SSSR count). The molecular weight excluding hydrogens is 212 g/mol. The molecule has 2 aliphatic rings. The molecule has 2 saturated heterocycles. The van der Waals surface area contributed by atoms with E-state index in [1.54, 1.807) is 0 Å². The van der Waals surface area contributed by atoms with Crippen molar-refractivity contribution in [2.75, 3.05) is 39.4 Å². The number of rotatable bonds is 4. The van der Waals surface area contributed by atoms with Crippen molar-refractivity contribution in [1.29, 1.82) is 0 Å². The Morgan fingerprint density at radius 1 is 1.41 bits per heavy atom. The predicted octanol–water partition coefficient (Wildman–Crippen LogP) is 1.73. The van der Waals surface area contributed by atoms with Crippen LogP contribution in [0.15, 0.2) is 0 Å². The van der Waals surface area contributed by atoms with Crippen molar-refractivity contribution in [3.8, 4) is 0 Å². The monoisotopic (exact) mass is 240 g/mol. The highest BCUT2D eigenvalue weighted by Gasteiger charge is 2.22. The zero-order chi connectivity index (χ0) is 12.1. The van der Waals surface area contributed by atoms with Crippen molar-refractivity contribution in [3.63, 3.8) is 0 Å². The molecule has 0 spiro atoms. The van der Waals surface area contributed by atoms with E-state index in [0.717, 1.165) is 25.0 Å². The topological polar surface area (TPSA) is 24.5 Å². The van der Waals surface area contributed by atoms with Crippen LogP contribution in [-0.4, -0.2) is 50.3 Å². The van der Waals surface area contributed by atoms with Gasteiger partial charge in [0, 0.05) is 25.8 Å². The maximum absolute atomic E-state index is 5.45. The van der Waals surface area contributed by atoms with Gasteiger partial charge in [0.05, 0.1) is 0 Å². The fraction of sp³-hybridized carbons (Fsp3) is 1.00. The van der Waals surface area contributed by atoms with Crippen LogP contribution in [0, 0.1) is 11.8 Å². The van der Waals surface area contributed by atoms with Crippen molar-refractivity contribution < 1.29 is 4.74 Å². The summed E-state index contributed by atoms with van der Waals surface area (Å²) in [6, 6.07) is 0.678. The van der Waals surface area contributed by atoms with Gasteiger partial charge in [0.25, 0.3) is 0 Å². The second-order valence-electron chi connectivity index (χ2n) is 5.98. The lowest BCUT2D eigenvalue weighted by molar-refractivity contribution is 0.176. The van der Waals surface area contributed by atoms with Gasteiger partial charge in [-0.15, -0.1) is 0 Å². The Kier molecular flexibility index (Phi) is 5.26. The van der Waals surface area contributed by atoms with Crippen LogP contribution in [0.5, 0.6) is 0 Å². The van der Waals surface area contributed by atoms with E-state index in [-0.39, 0.29) is 0 Å². The fourth-order valence-electron chi connectivity index (χ4n) is 2.85. The van der Waals surface area contributed by atoms with Gasteiger partial charge in [-0.3, -0.25) is 0 Å². The molecule has 2 atom stereocenters. The third kappa shape index (κ3) is 4.23. The molecule has 0 radical (unpaired) electrons. The molecule has 3 nitrogen and oxygen atoms in total. The summed E-state index contributed by atoms with van der Waals surface area (Å²) in [4.78, 5) is 2.66. The molecule has 2 unspecified atom stereocenters. The minimum Gasteiger partial charge on any atom is -0.381 e. The molecule has 0 aliphatic carbocycles. The Labute approximate surface area is 106 Å². The summed E-state index contributed by atoms with van der Waals surface area (Å²) in [5.41, 5.74) is 0. The van der Waals surface area contributed by atoms with Crippen molar-refractivity contribution in [3.05, 3.63) is 0 Å². The maximum atomic E-state index is 5.45. The summed E-state index contributed by atoms with van der Waals surface area (Å²) in [5.74, 6) is 1.56. The minimum atomic E-state index is 0.678. The molecule has 0 aromatic heterocycles. The van der Waals surface area contributed by atoms with Crippen LogP contribution < -0.4 is 5.32 Å². The normalized spacial score (nSPS) is 31.9. The van der Waals surface area contributed by atoms with Crippen LogP contribution in [0.25, 0.3) is 0 Å². The summed E-state index contributed by atoms with van der Waals surface area (Å²) in [7, 11) is 0. The SMILES string of the molecule is CC(C)C1CN(CCC2CCOC2)CCCN1. The van der Waals surface area contributed by atoms with Crippen LogP contribution in [0.1, 0.15) is 33.1 Å². The Morgan fingerprint density at radius 3 is 3.00 bits per heavy atom. The van der Waals surface area contributed by atoms with Crippen molar-refractivity contribution in [2.24, 2.45) is 11.8 Å². The van der Waals surface area contributed by atoms with Gasteiger partial charge < -0.3 is 15.0 Å². The van der Waals surface area contributed by atoms with Crippen molar-refractivity contribution in [2.45, 2.75) is 39.2 Å². The van der Waals surface area contributed by atoms with E-state index < -0.39 is 0 Å². The van der Waals surface area contributed by atoms with Crippen molar-refractivity contribution >= 4 is 0 Å². The number of nitrogens with zero attached hydrogens (tertiary/aromatic N) is 1. The van der Waals surface area contributed by atoms with Gasteiger partial charge in [-0.2, -0.15) is 0 Å². The third-order valence-corrected chi connectivity index (χ3v) is 4.19. The van der Waals surface area contributed by atoms with Gasteiger partial charge in [0.2, 0.25) is 0 Å². The highest BCUT2D eigenvalue weighted by molar-refractivity contribution is 4.79. The molecule has 2 aliphatic heterocycles. The Hall–Kier alpha value is -0.120. The molecule has 0 amide bonds. The molecule has 0 aromatic carbocycles. The Morgan fingerprint density at radius 2 is 2.29 bits per heavy atom. The van der Waals surface area contributed by atoms with Gasteiger partial charge in [0.1, 0.15) is 0 Å². The quantitative estimate of drug-likeness (QED) is 0.810. The van der Waals surface area contributed by atoms with Crippen LogP contribution in [0.3, 0.4) is 0 Å². The first kappa shape index (κ1) is 13.3. The molecule has 3 heteroatoms. The highest BCUT2D eigenvalue weighted by atomic mass is 16.5. The molecule has 0 aromatic rings. The smallest absolute Gasteiger partial charge is 0.0495 e. The lowest BCUT2D eigenvalue weighted by Gasteiger charge is -2.27. The van der Waals surface area contributed by atoms with E-state index in [4.69, 9.17) is 4.74 Å². The van der Waals surface area contributed by atoms with Crippen molar-refractivity contribution in [1.82, 2.24) is 10.2 Å². The van der Waals surface area contributed by atoms with Gasteiger partial charge in [-0.25, -0.2) is 0 Å². The Balaban J connectivity index is 1.73. The fourth-order valence-corrected chi connectivity index (χ4v) is 2.85. The first-order valence-corrected chi connectivity index (χ1v) is 7.29. The predicted molar refractivity (Wildman–Crippen MR) is 71.2 cm³/mol. The average molecular weight is 240 g/mol. The van der Waals surface area contributed by atoms with Gasteiger partial charge in [-0.1, -0.05) is 13.8 Å². The van der Waals surface area contributed by atoms with Crippen LogP contribution in [-0.2, 0) is 4.74 Å². The standard InChI is InChI=1S/C14H28N2O/c1-12(2)14-10-16(7-3-6-15-14)8-4-13-5-9-17-11-13/h12-15H,3-11H2,1-2H3. The zero-order valence-corrected chi connectivity index (χ0v) is 11.5. The zero-order valence-electron chi connectivity index (χ0n) is 11.5. The third-order valence-electron chi connectivity index (χ3n) is 4.19. The van der Waals surface area contributed by atoms with E-state index in [1.807, 2.05) is 0 Å². The van der Waals surface area contributed by atoms with Crippen LogP contribution >= 0.6 is 0 Å². The van der Waals surface area contributed by atoms with E-state index in [1.165, 1.54) is 45.4 Å². The second-order valence-corrected chi connectivity index (χ2v) is 5.98. The average Bonchev–Trinajstić information content (AvgIpc) is 2.70. The molecular formula is C14H28N2O. The van der Waals surface area contributed by atoms with E-state index >= 15 is 0 Å². The molecule has 17 heavy (non-hydrogen) atoms. The van der Waals surface area contributed by atoms with E-state index in [0.29, 0.717) is 6.04 Å². The summed E-state index contributed by atoms with van der Waals surface area (Å²) >= 11 is 0. The van der Waals surface area contributed by atoms with E-state index in [9.17, 15) is 0 Å². The molecule has 0 saturated carbocycles. The second kappa shape index (κ2) is 6.72. The number of nitrogens with one attached hydrogen (secondary N) is 1. The molecule has 2 heterocycles. The highest BCUT2D eigenvalue weighted by Crippen LogP contribution is 2.17. The van der Waals surface area contributed by atoms with Gasteiger partial charge in [-0.05, 0) is 50.7 Å². The first-order valence-electron chi connectivity index (χ1n) is 7.29. The minimum absolute atomic E-state index is 0.678. The first-order chi connectivity index (χ1) is 8.25. The summed E-state index contributed by atoms with van der Waals surface area (Å²) in [6.45, 7) is 11.6. The lowest BCUT2D eigenvalue weighted by Crippen LogP contribution is -2.41. The van der Waals surface area contributed by atoms with Crippen LogP contribution in [0.2, 0.25) is 0 Å². The lowest BCUT2D eigenvalue weighted by atomic mass is 10.0. The van der Waals surface area contributed by atoms with Crippen LogP contribution in [0.4, 0.5) is 0 Å². The molecule has 1 N–H and O–H groups in total. The summed E-state index contributed by atoms with van der Waals surface area (Å²) in [5, 5.41) is 3.67. The molecule has 100 valence electrons.